The number of unbranched alkanes of at least 4 members (excludes halogenated alkanes) is 30. The lowest BCUT2D eigenvalue weighted by atomic mass is 9.99. The van der Waals surface area contributed by atoms with Gasteiger partial charge in [0.25, 0.3) is 0 Å². The maximum Gasteiger partial charge on any atom is 0.306 e. The van der Waals surface area contributed by atoms with Gasteiger partial charge in [0.1, 0.15) is 24.4 Å². The molecule has 1 fully saturated rings. The van der Waals surface area contributed by atoms with Gasteiger partial charge in [0, 0.05) is 6.42 Å². The van der Waals surface area contributed by atoms with Gasteiger partial charge in [-0.25, -0.2) is 0 Å². The standard InChI is InChI=1S/C70H123NO10/c1-4-7-10-13-16-19-22-25-27-29-30-31-32-33-35-36-39-42-45-48-51-54-57-63(74)69(78)71-61(62(73)56-53-50-47-44-41-38-24-21-18-15-12-9-6-3)60-79-70-68(67(77)66(76)64(59-72)80-70)81-65(75)58-55-52-49-46-43-40-37-34-28-26-23-20-17-14-11-8-5-2/h16-17,19-20,25-28,30-31,33,35,53,56,61-64,66-68,70,72-74,76-77H,4-15,18,21-24,29,32,34,36-52,54-55,57-60H2,1-3H3,(H,71,78)/b19-16-,20-17-,27-25-,28-26-,31-30-,35-33-,56-53+. The zero-order chi connectivity index (χ0) is 58.9. The number of ether oxygens (including phenoxy) is 3. The smallest absolute Gasteiger partial charge is 0.306 e. The molecule has 0 aromatic rings. The van der Waals surface area contributed by atoms with Crippen molar-refractivity contribution in [1.29, 1.82) is 0 Å². The number of aliphatic hydroxyl groups excluding tert-OH is 5. The van der Waals surface area contributed by atoms with Gasteiger partial charge in [-0.1, -0.05) is 260 Å². The van der Waals surface area contributed by atoms with Crippen LogP contribution < -0.4 is 5.32 Å². The van der Waals surface area contributed by atoms with E-state index >= 15 is 0 Å². The molecule has 6 N–H and O–H groups in total. The number of hydrogen-bond donors (Lipinski definition) is 6. The summed E-state index contributed by atoms with van der Waals surface area (Å²) < 4.78 is 17.6. The predicted molar refractivity (Wildman–Crippen MR) is 338 cm³/mol. The fourth-order valence-electron chi connectivity index (χ4n) is 9.96. The molecule has 1 heterocycles. The molecule has 11 nitrogen and oxygen atoms in total. The predicted octanol–water partition coefficient (Wildman–Crippen LogP) is 16.5. The summed E-state index contributed by atoms with van der Waals surface area (Å²) in [4.78, 5) is 26.6. The Morgan fingerprint density at radius 2 is 0.852 bits per heavy atom. The molecule has 1 aliphatic rings. The third-order valence-electron chi connectivity index (χ3n) is 15.3. The minimum Gasteiger partial charge on any atom is -0.454 e. The molecule has 1 rings (SSSR count). The van der Waals surface area contributed by atoms with Crippen LogP contribution in [0.3, 0.4) is 0 Å². The summed E-state index contributed by atoms with van der Waals surface area (Å²) in [7, 11) is 0. The van der Waals surface area contributed by atoms with Gasteiger partial charge in [-0.3, -0.25) is 9.59 Å². The molecule has 1 aliphatic heterocycles. The van der Waals surface area contributed by atoms with Crippen LogP contribution in [0.4, 0.5) is 0 Å². The molecule has 0 aliphatic carbocycles. The lowest BCUT2D eigenvalue weighted by Crippen LogP contribution is -2.61. The first-order valence-electron chi connectivity index (χ1n) is 33.4. The minimum absolute atomic E-state index is 0.110. The van der Waals surface area contributed by atoms with Crippen molar-refractivity contribution in [1.82, 2.24) is 5.32 Å². The van der Waals surface area contributed by atoms with E-state index in [4.69, 9.17) is 14.2 Å². The second kappa shape index (κ2) is 57.3. The highest BCUT2D eigenvalue weighted by atomic mass is 16.7. The SMILES string of the molecule is CCCCC/C=C\C/C=C\C/C=C\C/C=C\CCCCCCCCC(O)C(=O)NC(COC1OC(CO)C(O)C(O)C1OC(=O)CCCCCCCCC/C=C\C/C=C\CCCCC)C(O)/C=C/CCCCCCCCCCCCC. The molecule has 0 spiro atoms. The Bertz CT molecular complexity index is 1640. The quantitative estimate of drug-likeness (QED) is 0.0195. The molecule has 11 heteroatoms. The van der Waals surface area contributed by atoms with Crippen molar-refractivity contribution in [3.63, 3.8) is 0 Å². The summed E-state index contributed by atoms with van der Waals surface area (Å²) in [5, 5.41) is 57.1. The molecular weight excluding hydrogens is 1010 g/mol. The molecule has 81 heavy (non-hydrogen) atoms. The van der Waals surface area contributed by atoms with Crippen molar-refractivity contribution < 1.29 is 49.3 Å². The van der Waals surface area contributed by atoms with Crippen LogP contribution in [0.15, 0.2) is 85.1 Å². The summed E-state index contributed by atoms with van der Waals surface area (Å²) in [5.74, 6) is -1.21. The number of carbonyl (C=O) groups is 2. The maximum absolute atomic E-state index is 13.5. The van der Waals surface area contributed by atoms with Crippen LogP contribution in [0.2, 0.25) is 0 Å². The van der Waals surface area contributed by atoms with Crippen molar-refractivity contribution in [2.75, 3.05) is 13.2 Å². The van der Waals surface area contributed by atoms with Crippen LogP contribution >= 0.6 is 0 Å². The summed E-state index contributed by atoms with van der Waals surface area (Å²) in [6.45, 7) is 5.74. The third-order valence-corrected chi connectivity index (χ3v) is 15.3. The Labute approximate surface area is 495 Å². The van der Waals surface area contributed by atoms with E-state index in [1.807, 2.05) is 6.08 Å². The molecule has 0 radical (unpaired) electrons. The first kappa shape index (κ1) is 75.9. The van der Waals surface area contributed by atoms with Crippen LogP contribution in [0, 0.1) is 0 Å². The monoisotopic (exact) mass is 1140 g/mol. The largest absolute Gasteiger partial charge is 0.454 e. The van der Waals surface area contributed by atoms with Gasteiger partial charge in [-0.05, 0) is 103 Å². The first-order chi connectivity index (χ1) is 39.7. The second-order valence-corrected chi connectivity index (χ2v) is 22.8. The molecule has 1 saturated heterocycles. The van der Waals surface area contributed by atoms with Gasteiger partial charge in [-0.2, -0.15) is 0 Å². The van der Waals surface area contributed by atoms with E-state index in [0.29, 0.717) is 12.8 Å². The van der Waals surface area contributed by atoms with Gasteiger partial charge in [-0.15, -0.1) is 0 Å². The average molecular weight is 1140 g/mol. The summed E-state index contributed by atoms with van der Waals surface area (Å²) >= 11 is 0. The highest BCUT2D eigenvalue weighted by molar-refractivity contribution is 5.80. The number of nitrogens with one attached hydrogen (secondary N) is 1. The van der Waals surface area contributed by atoms with Crippen LogP contribution in [-0.4, -0.2) is 99.6 Å². The van der Waals surface area contributed by atoms with Crippen LogP contribution in [0.25, 0.3) is 0 Å². The van der Waals surface area contributed by atoms with Crippen molar-refractivity contribution in [2.45, 2.75) is 333 Å². The van der Waals surface area contributed by atoms with E-state index in [0.717, 1.165) is 116 Å². The molecule has 468 valence electrons. The van der Waals surface area contributed by atoms with E-state index in [-0.39, 0.29) is 19.4 Å². The number of carbonyl (C=O) groups excluding carboxylic acids is 2. The maximum atomic E-state index is 13.5. The number of amides is 1. The lowest BCUT2D eigenvalue weighted by Gasteiger charge is -2.41. The molecule has 8 atom stereocenters. The third kappa shape index (κ3) is 45.0. The Morgan fingerprint density at radius 1 is 0.481 bits per heavy atom. The van der Waals surface area contributed by atoms with Crippen LogP contribution in [0.5, 0.6) is 0 Å². The fraction of sp³-hybridized carbons (Fsp3) is 0.771. The normalized spacial score (nSPS) is 19.2. The van der Waals surface area contributed by atoms with Gasteiger partial charge in [0.15, 0.2) is 12.4 Å². The zero-order valence-corrected chi connectivity index (χ0v) is 51.9. The van der Waals surface area contributed by atoms with Crippen LogP contribution in [0.1, 0.15) is 284 Å². The molecule has 0 saturated carbocycles. The van der Waals surface area contributed by atoms with Gasteiger partial charge < -0.3 is 45.1 Å². The topological polar surface area (TPSA) is 175 Å². The molecule has 1 amide bonds. The number of rotatable bonds is 56. The average Bonchev–Trinajstić information content (AvgIpc) is 3.49. The first-order valence-corrected chi connectivity index (χ1v) is 33.4. The Balaban J connectivity index is 2.67. The Morgan fingerprint density at radius 3 is 1.30 bits per heavy atom. The van der Waals surface area contributed by atoms with Gasteiger partial charge >= 0.3 is 5.97 Å². The van der Waals surface area contributed by atoms with Crippen molar-refractivity contribution in [3.05, 3.63) is 85.1 Å². The van der Waals surface area contributed by atoms with E-state index in [1.165, 1.54) is 122 Å². The van der Waals surface area contributed by atoms with E-state index < -0.39 is 67.4 Å². The van der Waals surface area contributed by atoms with Crippen LogP contribution in [-0.2, 0) is 23.8 Å². The zero-order valence-electron chi connectivity index (χ0n) is 51.9. The molecule has 0 aromatic carbocycles. The van der Waals surface area contributed by atoms with E-state index in [9.17, 15) is 35.1 Å². The van der Waals surface area contributed by atoms with Gasteiger partial charge in [0.05, 0.1) is 25.4 Å². The molecular formula is C70H123NO10. The highest BCUT2D eigenvalue weighted by Gasteiger charge is 2.47. The van der Waals surface area contributed by atoms with Gasteiger partial charge in [0.2, 0.25) is 5.91 Å². The van der Waals surface area contributed by atoms with Crippen molar-refractivity contribution >= 4 is 11.9 Å². The Kier molecular flexibility index (Phi) is 53.6. The lowest BCUT2D eigenvalue weighted by molar-refractivity contribution is -0.305. The highest BCUT2D eigenvalue weighted by Crippen LogP contribution is 2.26. The molecule has 0 aromatic heterocycles. The number of allylic oxidation sites excluding steroid dienone is 13. The summed E-state index contributed by atoms with van der Waals surface area (Å²) in [5.41, 5.74) is 0. The Hall–Kier alpha value is -3.16. The van der Waals surface area contributed by atoms with E-state index in [1.54, 1.807) is 6.08 Å². The number of esters is 1. The second-order valence-electron chi connectivity index (χ2n) is 22.8. The summed E-state index contributed by atoms with van der Waals surface area (Å²) in [6, 6.07) is -1.04. The molecule has 0 bridgehead atoms. The summed E-state index contributed by atoms with van der Waals surface area (Å²) in [6.07, 6.45) is 64.6. The number of aliphatic hydroxyl groups is 5. The van der Waals surface area contributed by atoms with Crippen molar-refractivity contribution in [2.24, 2.45) is 0 Å². The minimum atomic E-state index is -1.62. The number of hydrogen-bond acceptors (Lipinski definition) is 10. The molecule has 8 unspecified atom stereocenters. The van der Waals surface area contributed by atoms with E-state index in [2.05, 4.69) is 99.0 Å². The van der Waals surface area contributed by atoms with Crippen molar-refractivity contribution in [3.8, 4) is 0 Å². The fourth-order valence-corrected chi connectivity index (χ4v) is 9.96.